The summed E-state index contributed by atoms with van der Waals surface area (Å²) in [7, 11) is 0. The smallest absolute Gasteiger partial charge is 0.267 e. The number of benzene rings is 2. The van der Waals surface area contributed by atoms with Gasteiger partial charge in [-0.2, -0.15) is 4.39 Å². The number of rotatable bonds is 3. The van der Waals surface area contributed by atoms with Crippen LogP contribution in [0.25, 0.3) is 0 Å². The van der Waals surface area contributed by atoms with Crippen LogP contribution in [0.2, 0.25) is 0 Å². The highest BCUT2D eigenvalue weighted by atomic mass is 19.3. The third kappa shape index (κ3) is 2.78. The van der Waals surface area contributed by atoms with Gasteiger partial charge >= 0.3 is 0 Å². The number of ether oxygens (including phenoxy) is 1. The fourth-order valence-electron chi connectivity index (χ4n) is 1.51. The van der Waals surface area contributed by atoms with Crippen LogP contribution in [-0.4, -0.2) is 0 Å². The predicted molar refractivity (Wildman–Crippen MR) is 62.2 cm³/mol. The standard InChI is InChI=1S/C13H9F4NO/c14-9-2-1-3-11(12(9)15)19-10-5-4-7(18)6-8(10)13(16)17/h1-6,13H,18H2. The highest BCUT2D eigenvalue weighted by Gasteiger charge is 2.17. The summed E-state index contributed by atoms with van der Waals surface area (Å²) in [6.07, 6.45) is -2.84. The molecule has 0 spiro atoms. The Balaban J connectivity index is 2.41. The topological polar surface area (TPSA) is 35.2 Å². The molecule has 0 heterocycles. The molecule has 0 radical (unpaired) electrons. The highest BCUT2D eigenvalue weighted by molar-refractivity contribution is 5.49. The molecule has 0 aliphatic rings. The van der Waals surface area contributed by atoms with E-state index < -0.39 is 29.4 Å². The quantitative estimate of drug-likeness (QED) is 0.668. The van der Waals surface area contributed by atoms with Crippen molar-refractivity contribution >= 4 is 5.69 Å². The molecule has 0 aromatic heterocycles. The van der Waals surface area contributed by atoms with Gasteiger partial charge in [0.1, 0.15) is 5.75 Å². The second-order valence-electron chi connectivity index (χ2n) is 3.75. The molecule has 0 saturated carbocycles. The van der Waals surface area contributed by atoms with Crippen molar-refractivity contribution in [2.24, 2.45) is 0 Å². The van der Waals surface area contributed by atoms with Gasteiger partial charge in [0.2, 0.25) is 5.82 Å². The maximum absolute atomic E-state index is 13.4. The molecule has 2 aromatic carbocycles. The molecule has 0 amide bonds. The summed E-state index contributed by atoms with van der Waals surface area (Å²) in [5.41, 5.74) is 5.03. The molecule has 0 fully saturated rings. The van der Waals surface area contributed by atoms with Crippen LogP contribution >= 0.6 is 0 Å². The molecule has 6 heteroatoms. The van der Waals surface area contributed by atoms with E-state index in [2.05, 4.69) is 0 Å². The number of hydrogen-bond acceptors (Lipinski definition) is 2. The average Bonchev–Trinajstić information content (AvgIpc) is 2.36. The van der Waals surface area contributed by atoms with Crippen molar-refractivity contribution in [1.82, 2.24) is 0 Å². The first-order chi connectivity index (χ1) is 8.99. The Morgan fingerprint density at radius 2 is 1.74 bits per heavy atom. The molecule has 0 saturated heterocycles. The Morgan fingerprint density at radius 1 is 1.00 bits per heavy atom. The Kier molecular flexibility index (Phi) is 3.59. The van der Waals surface area contributed by atoms with Gasteiger partial charge in [-0.05, 0) is 30.3 Å². The number of halogens is 4. The van der Waals surface area contributed by atoms with Crippen molar-refractivity contribution in [3.63, 3.8) is 0 Å². The summed E-state index contributed by atoms with van der Waals surface area (Å²) in [4.78, 5) is 0. The molecule has 2 rings (SSSR count). The van der Waals surface area contributed by atoms with Gasteiger partial charge in [-0.25, -0.2) is 13.2 Å². The minimum Gasteiger partial charge on any atom is -0.454 e. The summed E-state index contributed by atoms with van der Waals surface area (Å²) >= 11 is 0. The summed E-state index contributed by atoms with van der Waals surface area (Å²) in [5, 5.41) is 0. The minimum atomic E-state index is -2.84. The molecule has 0 bridgehead atoms. The zero-order chi connectivity index (χ0) is 14.0. The summed E-state index contributed by atoms with van der Waals surface area (Å²) in [6.45, 7) is 0. The Bertz CT molecular complexity index is 601. The van der Waals surface area contributed by atoms with Crippen molar-refractivity contribution in [3.05, 3.63) is 53.6 Å². The van der Waals surface area contributed by atoms with Crippen molar-refractivity contribution in [3.8, 4) is 11.5 Å². The first-order valence-electron chi connectivity index (χ1n) is 5.28. The molecule has 2 nitrogen and oxygen atoms in total. The fraction of sp³-hybridized carbons (Fsp3) is 0.0769. The van der Waals surface area contributed by atoms with Gasteiger partial charge in [0.05, 0.1) is 5.56 Å². The lowest BCUT2D eigenvalue weighted by Crippen LogP contribution is -1.97. The van der Waals surface area contributed by atoms with E-state index in [9.17, 15) is 17.6 Å². The van der Waals surface area contributed by atoms with E-state index in [1.54, 1.807) is 0 Å². The monoisotopic (exact) mass is 271 g/mol. The van der Waals surface area contributed by atoms with Gasteiger partial charge in [0.25, 0.3) is 6.43 Å². The van der Waals surface area contributed by atoms with Crippen molar-refractivity contribution < 1.29 is 22.3 Å². The highest BCUT2D eigenvalue weighted by Crippen LogP contribution is 2.34. The van der Waals surface area contributed by atoms with Crippen molar-refractivity contribution in [2.75, 3.05) is 5.73 Å². The number of alkyl halides is 2. The average molecular weight is 271 g/mol. The van der Waals surface area contributed by atoms with E-state index in [-0.39, 0.29) is 11.4 Å². The number of anilines is 1. The zero-order valence-electron chi connectivity index (χ0n) is 9.54. The van der Waals surface area contributed by atoms with Crippen LogP contribution in [0.15, 0.2) is 36.4 Å². The van der Waals surface area contributed by atoms with E-state index in [0.717, 1.165) is 18.2 Å². The Labute approximate surface area is 106 Å². The van der Waals surface area contributed by atoms with E-state index in [0.29, 0.717) is 0 Å². The molecular formula is C13H9F4NO. The first-order valence-corrected chi connectivity index (χ1v) is 5.28. The van der Waals surface area contributed by atoms with E-state index in [4.69, 9.17) is 10.5 Å². The molecule has 2 N–H and O–H groups in total. The van der Waals surface area contributed by atoms with Gasteiger partial charge in [0, 0.05) is 5.69 Å². The SMILES string of the molecule is Nc1ccc(Oc2cccc(F)c2F)c(C(F)F)c1. The largest absolute Gasteiger partial charge is 0.454 e. The van der Waals surface area contributed by atoms with Crippen molar-refractivity contribution in [1.29, 1.82) is 0 Å². The van der Waals surface area contributed by atoms with E-state index in [1.165, 1.54) is 18.2 Å². The Hall–Kier alpha value is -2.24. The van der Waals surface area contributed by atoms with Crippen LogP contribution in [0.1, 0.15) is 12.0 Å². The molecule has 100 valence electrons. The number of nitrogens with two attached hydrogens (primary N) is 1. The minimum absolute atomic E-state index is 0.127. The van der Waals surface area contributed by atoms with Crippen LogP contribution in [0.3, 0.4) is 0 Å². The maximum atomic E-state index is 13.4. The van der Waals surface area contributed by atoms with Crippen molar-refractivity contribution in [2.45, 2.75) is 6.43 Å². The second kappa shape index (κ2) is 5.17. The molecule has 0 unspecified atom stereocenters. The summed E-state index contributed by atoms with van der Waals surface area (Å²) in [5.74, 6) is -3.09. The van der Waals surface area contributed by atoms with Gasteiger partial charge in [-0.15, -0.1) is 0 Å². The Morgan fingerprint density at radius 3 is 2.42 bits per heavy atom. The number of hydrogen-bond donors (Lipinski definition) is 1. The van der Waals surface area contributed by atoms with Crippen LogP contribution in [0.4, 0.5) is 23.2 Å². The van der Waals surface area contributed by atoms with Crippen LogP contribution in [0.5, 0.6) is 11.5 Å². The third-order valence-electron chi connectivity index (χ3n) is 2.41. The molecule has 0 atom stereocenters. The van der Waals surface area contributed by atoms with Gasteiger partial charge in [-0.1, -0.05) is 6.07 Å². The lowest BCUT2D eigenvalue weighted by Gasteiger charge is -2.12. The van der Waals surface area contributed by atoms with Gasteiger partial charge in [-0.3, -0.25) is 0 Å². The lowest BCUT2D eigenvalue weighted by molar-refractivity contribution is 0.148. The van der Waals surface area contributed by atoms with E-state index >= 15 is 0 Å². The zero-order valence-corrected chi connectivity index (χ0v) is 9.54. The van der Waals surface area contributed by atoms with Gasteiger partial charge in [0.15, 0.2) is 11.6 Å². The van der Waals surface area contributed by atoms with Crippen LogP contribution < -0.4 is 10.5 Å². The normalized spacial score (nSPS) is 10.8. The summed E-state index contributed by atoms with van der Waals surface area (Å²) < 4.78 is 56.9. The molecular weight excluding hydrogens is 262 g/mol. The lowest BCUT2D eigenvalue weighted by atomic mass is 10.2. The molecule has 0 aliphatic heterocycles. The predicted octanol–water partition coefficient (Wildman–Crippen LogP) is 4.28. The van der Waals surface area contributed by atoms with E-state index in [1.807, 2.05) is 0 Å². The number of nitrogen functional groups attached to an aromatic ring is 1. The first kappa shape index (κ1) is 13.2. The molecule has 0 aliphatic carbocycles. The second-order valence-corrected chi connectivity index (χ2v) is 3.75. The van der Waals surface area contributed by atoms with Crippen LogP contribution in [-0.2, 0) is 0 Å². The summed E-state index contributed by atoms with van der Waals surface area (Å²) in [6, 6.07) is 6.80. The molecule has 19 heavy (non-hydrogen) atoms. The van der Waals surface area contributed by atoms with Crippen LogP contribution in [0, 0.1) is 11.6 Å². The molecule has 2 aromatic rings. The maximum Gasteiger partial charge on any atom is 0.267 e. The fourth-order valence-corrected chi connectivity index (χ4v) is 1.51. The third-order valence-corrected chi connectivity index (χ3v) is 2.41. The van der Waals surface area contributed by atoms with Gasteiger partial charge < -0.3 is 10.5 Å².